The van der Waals surface area contributed by atoms with E-state index < -0.39 is 10.5 Å². The number of likely N-dealkylation sites (N-methyl/N-ethyl adjacent to an activating group) is 1. The molecule has 0 unspecified atom stereocenters. The zero-order valence-electron chi connectivity index (χ0n) is 10.9. The van der Waals surface area contributed by atoms with E-state index in [0.717, 1.165) is 0 Å². The molecule has 0 spiro atoms. The fourth-order valence-electron chi connectivity index (χ4n) is 1.49. The summed E-state index contributed by atoms with van der Waals surface area (Å²) in [6.45, 7) is 4.22. The molecule has 0 aromatic heterocycles. The number of aliphatic hydroxyl groups excluding tert-OH is 1. The average Bonchev–Trinajstić information content (AvgIpc) is 2.31. The largest absolute Gasteiger partial charge is 0.394 e. The molecule has 0 saturated heterocycles. The van der Waals surface area contributed by atoms with Crippen molar-refractivity contribution in [3.63, 3.8) is 0 Å². The Kier molecular flexibility index (Phi) is 4.26. The number of para-hydroxylation sites is 1. The molecular weight excluding hydrogens is 234 g/mol. The van der Waals surface area contributed by atoms with Crippen LogP contribution in [0.1, 0.15) is 19.4 Å². The van der Waals surface area contributed by atoms with Crippen molar-refractivity contribution >= 4 is 11.4 Å². The van der Waals surface area contributed by atoms with Crippen LogP contribution < -0.4 is 5.73 Å². The topological polar surface area (TPSA) is 92.6 Å². The van der Waals surface area contributed by atoms with Crippen LogP contribution in [0.2, 0.25) is 0 Å². The van der Waals surface area contributed by atoms with E-state index >= 15 is 0 Å². The first-order valence-electron chi connectivity index (χ1n) is 5.63. The van der Waals surface area contributed by atoms with Gasteiger partial charge in [0.25, 0.3) is 5.69 Å². The van der Waals surface area contributed by atoms with Crippen LogP contribution in [0, 0.1) is 10.1 Å². The Bertz CT molecular complexity index is 446. The fraction of sp³-hybridized carbons (Fsp3) is 0.500. The van der Waals surface area contributed by atoms with Gasteiger partial charge in [-0.3, -0.25) is 15.0 Å². The van der Waals surface area contributed by atoms with E-state index in [1.165, 1.54) is 6.07 Å². The minimum absolute atomic E-state index is 0.00166. The van der Waals surface area contributed by atoms with Gasteiger partial charge in [-0.15, -0.1) is 0 Å². The molecule has 0 fully saturated rings. The van der Waals surface area contributed by atoms with Crippen LogP contribution in [-0.4, -0.2) is 34.1 Å². The highest BCUT2D eigenvalue weighted by Crippen LogP contribution is 2.27. The molecule has 3 N–H and O–H groups in total. The van der Waals surface area contributed by atoms with E-state index in [4.69, 9.17) is 5.73 Å². The molecule has 0 atom stereocenters. The maximum atomic E-state index is 10.8. The molecule has 100 valence electrons. The number of nitrogens with two attached hydrogens (primary N) is 1. The van der Waals surface area contributed by atoms with Crippen LogP contribution in [0.4, 0.5) is 11.4 Å². The maximum absolute atomic E-state index is 10.8. The van der Waals surface area contributed by atoms with E-state index in [0.29, 0.717) is 12.1 Å². The summed E-state index contributed by atoms with van der Waals surface area (Å²) in [7, 11) is 1.84. The lowest BCUT2D eigenvalue weighted by molar-refractivity contribution is -0.384. The number of benzene rings is 1. The second kappa shape index (κ2) is 5.32. The first-order chi connectivity index (χ1) is 8.29. The molecule has 1 aromatic carbocycles. The zero-order valence-corrected chi connectivity index (χ0v) is 10.9. The van der Waals surface area contributed by atoms with Crippen molar-refractivity contribution in [2.24, 2.45) is 0 Å². The van der Waals surface area contributed by atoms with Gasteiger partial charge in [-0.1, -0.05) is 12.1 Å². The molecule has 0 bridgehead atoms. The highest BCUT2D eigenvalue weighted by molar-refractivity contribution is 5.62. The second-order valence-electron chi connectivity index (χ2n) is 4.93. The third-order valence-electron chi connectivity index (χ3n) is 3.20. The molecule has 0 aliphatic heterocycles. The number of hydrogen-bond donors (Lipinski definition) is 2. The van der Waals surface area contributed by atoms with Crippen molar-refractivity contribution in [3.05, 3.63) is 33.9 Å². The molecule has 0 saturated carbocycles. The van der Waals surface area contributed by atoms with Crippen LogP contribution in [0.5, 0.6) is 0 Å². The van der Waals surface area contributed by atoms with Gasteiger partial charge in [0.05, 0.1) is 11.5 Å². The van der Waals surface area contributed by atoms with Crippen LogP contribution in [0.3, 0.4) is 0 Å². The number of hydrogen-bond acceptors (Lipinski definition) is 5. The summed E-state index contributed by atoms with van der Waals surface area (Å²) in [5, 5.41) is 20.1. The SMILES string of the molecule is CN(Cc1cccc([N+](=O)[O-])c1N)C(C)(C)CO. The number of nitrogens with zero attached hydrogens (tertiary/aromatic N) is 2. The lowest BCUT2D eigenvalue weighted by Gasteiger charge is -2.34. The van der Waals surface area contributed by atoms with Gasteiger partial charge in [0.2, 0.25) is 0 Å². The monoisotopic (exact) mass is 253 g/mol. The van der Waals surface area contributed by atoms with Crippen molar-refractivity contribution < 1.29 is 10.0 Å². The standard InChI is InChI=1S/C12H19N3O3/c1-12(2,8-16)14(3)7-9-5-4-6-10(11(9)13)15(17)18/h4-6,16H,7-8,13H2,1-3H3. The summed E-state index contributed by atoms with van der Waals surface area (Å²) in [4.78, 5) is 12.2. The Labute approximate surface area is 106 Å². The molecule has 0 radical (unpaired) electrons. The van der Waals surface area contributed by atoms with Gasteiger partial charge < -0.3 is 10.8 Å². The van der Waals surface area contributed by atoms with Gasteiger partial charge in [-0.2, -0.15) is 0 Å². The highest BCUT2D eigenvalue weighted by Gasteiger charge is 2.24. The maximum Gasteiger partial charge on any atom is 0.292 e. The lowest BCUT2D eigenvalue weighted by Crippen LogP contribution is -2.43. The van der Waals surface area contributed by atoms with Crippen LogP contribution in [0.25, 0.3) is 0 Å². The number of rotatable bonds is 5. The van der Waals surface area contributed by atoms with E-state index in [2.05, 4.69) is 0 Å². The summed E-state index contributed by atoms with van der Waals surface area (Å²) in [6.07, 6.45) is 0. The number of nitro groups is 1. The molecule has 18 heavy (non-hydrogen) atoms. The molecule has 0 aliphatic rings. The predicted octanol–water partition coefficient (Wildman–Crippen LogP) is 1.38. The van der Waals surface area contributed by atoms with E-state index in [1.54, 1.807) is 12.1 Å². The quantitative estimate of drug-likeness (QED) is 0.470. The predicted molar refractivity (Wildman–Crippen MR) is 70.1 cm³/mol. The summed E-state index contributed by atoms with van der Waals surface area (Å²) in [5.74, 6) is 0. The minimum atomic E-state index is -0.490. The van der Waals surface area contributed by atoms with Crippen molar-refractivity contribution in [3.8, 4) is 0 Å². The number of nitro benzene ring substituents is 1. The molecule has 1 rings (SSSR count). The van der Waals surface area contributed by atoms with Gasteiger partial charge >= 0.3 is 0 Å². The average molecular weight is 253 g/mol. The summed E-state index contributed by atoms with van der Waals surface area (Å²) < 4.78 is 0. The number of aliphatic hydroxyl groups is 1. The van der Waals surface area contributed by atoms with Crippen molar-refractivity contribution in [1.82, 2.24) is 4.90 Å². The van der Waals surface area contributed by atoms with Gasteiger partial charge in [0, 0.05) is 18.2 Å². The minimum Gasteiger partial charge on any atom is -0.394 e. The summed E-state index contributed by atoms with van der Waals surface area (Å²) in [6, 6.07) is 4.76. The molecular formula is C12H19N3O3. The van der Waals surface area contributed by atoms with Crippen LogP contribution in [-0.2, 0) is 6.54 Å². The molecule has 6 heteroatoms. The molecule has 0 heterocycles. The number of nitrogen functional groups attached to an aromatic ring is 1. The summed E-state index contributed by atoms with van der Waals surface area (Å²) in [5.41, 5.74) is 6.17. The smallest absolute Gasteiger partial charge is 0.292 e. The Morgan fingerprint density at radius 3 is 2.61 bits per heavy atom. The van der Waals surface area contributed by atoms with E-state index in [-0.39, 0.29) is 18.0 Å². The van der Waals surface area contributed by atoms with Gasteiger partial charge in [0.1, 0.15) is 5.69 Å². The highest BCUT2D eigenvalue weighted by atomic mass is 16.6. The zero-order chi connectivity index (χ0) is 13.9. The Hall–Kier alpha value is -1.66. The van der Waals surface area contributed by atoms with Crippen molar-refractivity contribution in [1.29, 1.82) is 0 Å². The first kappa shape index (κ1) is 14.4. The summed E-state index contributed by atoms with van der Waals surface area (Å²) >= 11 is 0. The molecule has 1 aromatic rings. The second-order valence-corrected chi connectivity index (χ2v) is 4.93. The fourth-order valence-corrected chi connectivity index (χ4v) is 1.49. The van der Waals surface area contributed by atoms with E-state index in [9.17, 15) is 15.2 Å². The van der Waals surface area contributed by atoms with Crippen molar-refractivity contribution in [2.45, 2.75) is 25.9 Å². The van der Waals surface area contributed by atoms with Gasteiger partial charge in [-0.05, 0) is 26.5 Å². The third-order valence-corrected chi connectivity index (χ3v) is 3.20. The Balaban J connectivity index is 2.99. The normalized spacial score (nSPS) is 11.8. The third kappa shape index (κ3) is 2.96. The van der Waals surface area contributed by atoms with Crippen LogP contribution >= 0.6 is 0 Å². The molecule has 0 amide bonds. The van der Waals surface area contributed by atoms with Crippen molar-refractivity contribution in [2.75, 3.05) is 19.4 Å². The Morgan fingerprint density at radius 2 is 2.11 bits per heavy atom. The number of anilines is 1. The Morgan fingerprint density at radius 1 is 1.50 bits per heavy atom. The molecule has 6 nitrogen and oxygen atoms in total. The lowest BCUT2D eigenvalue weighted by atomic mass is 10.0. The van der Waals surface area contributed by atoms with Gasteiger partial charge in [-0.25, -0.2) is 0 Å². The van der Waals surface area contributed by atoms with Crippen LogP contribution in [0.15, 0.2) is 18.2 Å². The van der Waals surface area contributed by atoms with E-state index in [1.807, 2.05) is 25.8 Å². The first-order valence-corrected chi connectivity index (χ1v) is 5.63. The molecule has 0 aliphatic carbocycles. The van der Waals surface area contributed by atoms with Gasteiger partial charge in [0.15, 0.2) is 0 Å².